The Kier molecular flexibility index (Phi) is 8.03. The van der Waals surface area contributed by atoms with Crippen LogP contribution >= 0.6 is 0 Å². The molecule has 0 amide bonds. The van der Waals surface area contributed by atoms with Crippen molar-refractivity contribution in [3.63, 3.8) is 0 Å². The number of hydrogen-bond acceptors (Lipinski definition) is 8. The van der Waals surface area contributed by atoms with Crippen molar-refractivity contribution in [2.45, 2.75) is 43.6 Å². The van der Waals surface area contributed by atoms with E-state index >= 15 is 0 Å². The Morgan fingerprint density at radius 1 is 0.927 bits per heavy atom. The summed E-state index contributed by atoms with van der Waals surface area (Å²) in [6.45, 7) is 4.48. The SMILES string of the molecule is COc1ccc(C2(Cc3ccncc3)C(=O)c3ccc(OCCN4CCOCC4)cc3C2=O)cc1OC1CCCC1. The van der Waals surface area contributed by atoms with Gasteiger partial charge in [-0.1, -0.05) is 6.07 Å². The van der Waals surface area contributed by atoms with Crippen molar-refractivity contribution in [3.05, 3.63) is 83.2 Å². The molecule has 8 nitrogen and oxygen atoms in total. The van der Waals surface area contributed by atoms with E-state index in [0.717, 1.165) is 64.1 Å². The number of aromatic nitrogens is 1. The van der Waals surface area contributed by atoms with Crippen LogP contribution in [0.15, 0.2) is 60.9 Å². The molecule has 214 valence electrons. The van der Waals surface area contributed by atoms with Gasteiger partial charge in [-0.25, -0.2) is 0 Å². The number of ether oxygens (including phenoxy) is 4. The van der Waals surface area contributed by atoms with Crippen molar-refractivity contribution in [2.24, 2.45) is 0 Å². The third-order valence-electron chi connectivity index (χ3n) is 8.51. The molecular weight excluding hydrogens is 520 g/mol. The summed E-state index contributed by atoms with van der Waals surface area (Å²) in [5.74, 6) is 1.29. The summed E-state index contributed by atoms with van der Waals surface area (Å²) in [4.78, 5) is 35.2. The lowest BCUT2D eigenvalue weighted by molar-refractivity contribution is 0.0322. The van der Waals surface area contributed by atoms with Crippen LogP contribution in [-0.2, 0) is 16.6 Å². The molecule has 1 aliphatic heterocycles. The van der Waals surface area contributed by atoms with E-state index in [2.05, 4.69) is 9.88 Å². The zero-order valence-corrected chi connectivity index (χ0v) is 23.5. The highest BCUT2D eigenvalue weighted by Crippen LogP contribution is 2.45. The Morgan fingerprint density at radius 2 is 1.68 bits per heavy atom. The van der Waals surface area contributed by atoms with Crippen molar-refractivity contribution in [1.29, 1.82) is 0 Å². The first-order chi connectivity index (χ1) is 20.1. The number of Topliss-reactive ketones (excluding diaryl/α,β-unsaturated/α-hetero) is 2. The maximum atomic E-state index is 14.4. The highest BCUT2D eigenvalue weighted by atomic mass is 16.5. The fourth-order valence-electron chi connectivity index (χ4n) is 6.23. The van der Waals surface area contributed by atoms with Crippen molar-refractivity contribution in [2.75, 3.05) is 46.6 Å². The molecule has 41 heavy (non-hydrogen) atoms. The van der Waals surface area contributed by atoms with E-state index in [1.807, 2.05) is 24.3 Å². The summed E-state index contributed by atoms with van der Waals surface area (Å²) < 4.78 is 23.4. The number of carbonyl (C=O) groups excluding carboxylic acids is 2. The lowest BCUT2D eigenvalue weighted by Crippen LogP contribution is -2.40. The van der Waals surface area contributed by atoms with Gasteiger partial charge in [0, 0.05) is 43.2 Å². The third kappa shape index (κ3) is 5.46. The minimum Gasteiger partial charge on any atom is -0.493 e. The molecule has 1 saturated heterocycles. The number of morpholine rings is 1. The first-order valence-electron chi connectivity index (χ1n) is 14.5. The molecule has 2 aliphatic carbocycles. The Balaban J connectivity index is 1.33. The van der Waals surface area contributed by atoms with E-state index in [1.54, 1.807) is 43.8 Å². The van der Waals surface area contributed by atoms with Crippen LogP contribution in [0.3, 0.4) is 0 Å². The van der Waals surface area contributed by atoms with Gasteiger partial charge in [-0.2, -0.15) is 0 Å². The predicted octanol–water partition coefficient (Wildman–Crippen LogP) is 4.68. The molecule has 0 spiro atoms. The van der Waals surface area contributed by atoms with Gasteiger partial charge in [0.2, 0.25) is 0 Å². The number of methoxy groups -OCH3 is 1. The second kappa shape index (κ2) is 12.0. The minimum absolute atomic E-state index is 0.0969. The monoisotopic (exact) mass is 556 g/mol. The van der Waals surface area contributed by atoms with Gasteiger partial charge in [0.25, 0.3) is 0 Å². The van der Waals surface area contributed by atoms with Gasteiger partial charge in [0.05, 0.1) is 26.4 Å². The lowest BCUT2D eigenvalue weighted by atomic mass is 9.71. The Hall–Kier alpha value is -3.75. The molecule has 8 heteroatoms. The van der Waals surface area contributed by atoms with Crippen LogP contribution in [0.25, 0.3) is 0 Å². The van der Waals surface area contributed by atoms with E-state index < -0.39 is 5.41 Å². The van der Waals surface area contributed by atoms with Crippen LogP contribution in [0.2, 0.25) is 0 Å². The number of carbonyl (C=O) groups is 2. The van der Waals surface area contributed by atoms with Crippen molar-refractivity contribution in [3.8, 4) is 17.2 Å². The van der Waals surface area contributed by atoms with Crippen molar-refractivity contribution in [1.82, 2.24) is 9.88 Å². The molecule has 0 bridgehead atoms. The molecule has 1 unspecified atom stereocenters. The van der Waals surface area contributed by atoms with Crippen molar-refractivity contribution >= 4 is 11.6 Å². The molecule has 3 aromatic rings. The van der Waals surface area contributed by atoms with Crippen molar-refractivity contribution < 1.29 is 28.5 Å². The minimum atomic E-state index is -1.43. The average molecular weight is 557 g/mol. The summed E-state index contributed by atoms with van der Waals surface area (Å²) in [7, 11) is 1.60. The summed E-state index contributed by atoms with van der Waals surface area (Å²) >= 11 is 0. The topological polar surface area (TPSA) is 87.2 Å². The summed E-state index contributed by atoms with van der Waals surface area (Å²) in [5, 5.41) is 0. The molecular formula is C33H36N2O6. The van der Waals surface area contributed by atoms with Gasteiger partial charge in [-0.05, 0) is 85.7 Å². The second-order valence-electron chi connectivity index (χ2n) is 11.0. The number of ketones is 2. The summed E-state index contributed by atoms with van der Waals surface area (Å²) in [6.07, 6.45) is 7.89. The average Bonchev–Trinajstić information content (AvgIpc) is 3.60. The van der Waals surface area contributed by atoms with Crippen LogP contribution in [-0.4, -0.2) is 74.1 Å². The van der Waals surface area contributed by atoms with E-state index in [9.17, 15) is 9.59 Å². The molecule has 2 fully saturated rings. The number of nitrogens with zero attached hydrogens (tertiary/aromatic N) is 2. The smallest absolute Gasteiger partial charge is 0.182 e. The van der Waals surface area contributed by atoms with Gasteiger partial charge in [0.15, 0.2) is 23.1 Å². The zero-order chi connectivity index (χ0) is 28.2. The highest BCUT2D eigenvalue weighted by Gasteiger charge is 2.54. The first-order valence-corrected chi connectivity index (χ1v) is 14.5. The van der Waals surface area contributed by atoms with Crippen LogP contribution < -0.4 is 14.2 Å². The second-order valence-corrected chi connectivity index (χ2v) is 11.0. The number of rotatable bonds is 10. The standard InChI is InChI=1S/C33H36N2O6/c1-38-29-9-6-24(20-30(29)41-25-4-2-3-5-25)33(22-23-10-12-34-13-11-23)31(36)27-8-7-26(21-28(27)32(33)37)40-19-16-35-14-17-39-18-15-35/h6-13,20-21,25H,2-5,14-19,22H2,1H3. The normalized spacial score (nSPS) is 21.2. The van der Waals surface area contributed by atoms with Crippen LogP contribution in [0.4, 0.5) is 0 Å². The maximum absolute atomic E-state index is 14.4. The third-order valence-corrected chi connectivity index (χ3v) is 8.51. The largest absolute Gasteiger partial charge is 0.493 e. The molecule has 1 saturated carbocycles. The van der Waals surface area contributed by atoms with E-state index in [-0.39, 0.29) is 24.1 Å². The van der Waals surface area contributed by atoms with Crippen LogP contribution in [0, 0.1) is 0 Å². The number of fused-ring (bicyclic) bond motifs is 1. The van der Waals surface area contributed by atoms with Gasteiger partial charge in [-0.15, -0.1) is 0 Å². The van der Waals surface area contributed by atoms with Crippen LogP contribution in [0.5, 0.6) is 17.2 Å². The van der Waals surface area contributed by atoms with Gasteiger partial charge in [0.1, 0.15) is 17.8 Å². The Morgan fingerprint density at radius 3 is 2.44 bits per heavy atom. The fraction of sp³-hybridized carbons (Fsp3) is 0.424. The van der Waals surface area contributed by atoms with E-state index in [4.69, 9.17) is 18.9 Å². The molecule has 2 heterocycles. The van der Waals surface area contributed by atoms with Crippen LogP contribution in [0.1, 0.15) is 57.5 Å². The molecule has 1 atom stereocenters. The van der Waals surface area contributed by atoms with Gasteiger partial charge in [-0.3, -0.25) is 19.5 Å². The Bertz CT molecular complexity index is 1400. The van der Waals surface area contributed by atoms with E-state index in [0.29, 0.717) is 40.5 Å². The number of hydrogen-bond donors (Lipinski definition) is 0. The maximum Gasteiger partial charge on any atom is 0.182 e. The summed E-state index contributed by atoms with van der Waals surface area (Å²) in [6, 6.07) is 14.4. The number of benzene rings is 2. The highest BCUT2D eigenvalue weighted by molar-refractivity contribution is 6.33. The molecule has 2 aromatic carbocycles. The lowest BCUT2D eigenvalue weighted by Gasteiger charge is -2.28. The molecule has 3 aliphatic rings. The zero-order valence-electron chi connectivity index (χ0n) is 23.5. The molecule has 1 aromatic heterocycles. The number of pyridine rings is 1. The quantitative estimate of drug-likeness (QED) is 0.333. The Labute approximate surface area is 240 Å². The fourth-order valence-corrected chi connectivity index (χ4v) is 6.23. The summed E-state index contributed by atoms with van der Waals surface area (Å²) in [5.41, 5.74) is 0.825. The molecule has 6 rings (SSSR count). The molecule has 0 radical (unpaired) electrons. The van der Waals surface area contributed by atoms with Gasteiger partial charge >= 0.3 is 0 Å². The predicted molar refractivity (Wildman–Crippen MR) is 153 cm³/mol. The first kappa shape index (κ1) is 27.4. The molecule has 0 N–H and O–H groups in total. The van der Waals surface area contributed by atoms with Gasteiger partial charge < -0.3 is 18.9 Å². The van der Waals surface area contributed by atoms with E-state index in [1.165, 1.54) is 0 Å².